The molecule has 126 valence electrons. The van der Waals surface area contributed by atoms with E-state index in [1.165, 1.54) is 0 Å². The Morgan fingerprint density at radius 2 is 1.92 bits per heavy atom. The number of anilines is 1. The first-order chi connectivity index (χ1) is 11.4. The molecule has 1 heterocycles. The molecule has 1 saturated heterocycles. The first-order valence-corrected chi connectivity index (χ1v) is 8.19. The van der Waals surface area contributed by atoms with Crippen molar-refractivity contribution in [3.8, 4) is 5.75 Å². The van der Waals surface area contributed by atoms with E-state index in [1.54, 1.807) is 12.1 Å². The zero-order valence-corrected chi connectivity index (χ0v) is 14.3. The predicted molar refractivity (Wildman–Crippen MR) is 94.8 cm³/mol. The third-order valence-corrected chi connectivity index (χ3v) is 3.91. The number of carbonyl (C=O) groups excluding carboxylic acids is 1. The number of hydrogen-bond acceptors (Lipinski definition) is 3. The minimum atomic E-state index is -0.115. The van der Waals surface area contributed by atoms with E-state index in [9.17, 15) is 4.79 Å². The molecule has 1 fully saturated rings. The van der Waals surface area contributed by atoms with E-state index in [2.05, 4.69) is 26.1 Å². The number of epoxide rings is 1. The Kier molecular flexibility index (Phi) is 4.58. The van der Waals surface area contributed by atoms with Gasteiger partial charge >= 0.3 is 0 Å². The maximum Gasteiger partial charge on any atom is 0.255 e. The molecular weight excluding hydrogens is 302 g/mol. The van der Waals surface area contributed by atoms with Crippen molar-refractivity contribution in [3.63, 3.8) is 0 Å². The lowest BCUT2D eigenvalue weighted by Gasteiger charge is -2.23. The van der Waals surface area contributed by atoms with Crippen LogP contribution in [-0.2, 0) is 10.2 Å². The molecule has 2 aromatic carbocycles. The Morgan fingerprint density at radius 3 is 2.54 bits per heavy atom. The van der Waals surface area contributed by atoms with Crippen molar-refractivity contribution in [2.75, 3.05) is 18.5 Å². The fourth-order valence-corrected chi connectivity index (χ4v) is 2.46. The fraction of sp³-hybridized carbons (Fsp3) is 0.350. The van der Waals surface area contributed by atoms with Gasteiger partial charge in [0.25, 0.3) is 5.91 Å². The van der Waals surface area contributed by atoms with Crippen LogP contribution in [0.1, 0.15) is 36.7 Å². The molecule has 0 bridgehead atoms. The molecule has 0 radical (unpaired) electrons. The molecule has 4 heteroatoms. The van der Waals surface area contributed by atoms with Gasteiger partial charge in [-0.15, -0.1) is 0 Å². The monoisotopic (exact) mass is 325 g/mol. The summed E-state index contributed by atoms with van der Waals surface area (Å²) in [5.74, 6) is 0.728. The third kappa shape index (κ3) is 4.15. The van der Waals surface area contributed by atoms with Gasteiger partial charge in [0, 0.05) is 16.8 Å². The smallest absolute Gasteiger partial charge is 0.255 e. The van der Waals surface area contributed by atoms with Gasteiger partial charge in [-0.1, -0.05) is 39.0 Å². The van der Waals surface area contributed by atoms with Crippen molar-refractivity contribution in [2.24, 2.45) is 0 Å². The number of nitrogens with one attached hydrogen (secondary N) is 1. The molecule has 1 aliphatic heterocycles. The maximum absolute atomic E-state index is 12.3. The maximum atomic E-state index is 12.3. The summed E-state index contributed by atoms with van der Waals surface area (Å²) in [6, 6.07) is 15.0. The van der Waals surface area contributed by atoms with Crippen molar-refractivity contribution >= 4 is 11.6 Å². The van der Waals surface area contributed by atoms with Crippen molar-refractivity contribution < 1.29 is 14.3 Å². The molecule has 0 spiro atoms. The van der Waals surface area contributed by atoms with Crippen LogP contribution < -0.4 is 10.1 Å². The normalized spacial score (nSPS) is 16.5. The van der Waals surface area contributed by atoms with E-state index < -0.39 is 0 Å². The van der Waals surface area contributed by atoms with E-state index in [0.717, 1.165) is 23.6 Å². The summed E-state index contributed by atoms with van der Waals surface area (Å²) in [6.07, 6.45) is 0.218. The van der Waals surface area contributed by atoms with Crippen molar-refractivity contribution in [1.82, 2.24) is 0 Å². The van der Waals surface area contributed by atoms with Gasteiger partial charge in [-0.05, 0) is 35.7 Å². The molecule has 1 atom stereocenters. The van der Waals surface area contributed by atoms with Gasteiger partial charge in [0.2, 0.25) is 0 Å². The standard InChI is InChI=1S/C20H23NO3/c1-20(2,3)17-11-15(9-10-18(17)24-13-16-12-23-16)21-19(22)14-7-5-4-6-8-14/h4-11,16H,12-13H2,1-3H3,(H,21,22). The second-order valence-corrected chi connectivity index (χ2v) is 7.05. The SMILES string of the molecule is CC(C)(C)c1cc(NC(=O)c2ccccc2)ccc1OCC1CO1. The van der Waals surface area contributed by atoms with Gasteiger partial charge < -0.3 is 14.8 Å². The molecule has 0 aromatic heterocycles. The predicted octanol–water partition coefficient (Wildman–Crippen LogP) is 4.01. The summed E-state index contributed by atoms with van der Waals surface area (Å²) in [4.78, 5) is 12.3. The van der Waals surface area contributed by atoms with Gasteiger partial charge in [-0.3, -0.25) is 4.79 Å². The summed E-state index contributed by atoms with van der Waals surface area (Å²) in [6.45, 7) is 7.73. The van der Waals surface area contributed by atoms with Crippen molar-refractivity contribution in [2.45, 2.75) is 32.3 Å². The molecule has 2 aromatic rings. The minimum Gasteiger partial charge on any atom is -0.490 e. The Hall–Kier alpha value is -2.33. The molecule has 24 heavy (non-hydrogen) atoms. The zero-order valence-electron chi connectivity index (χ0n) is 14.3. The topological polar surface area (TPSA) is 50.9 Å². The van der Waals surface area contributed by atoms with Crippen molar-refractivity contribution in [3.05, 3.63) is 59.7 Å². The van der Waals surface area contributed by atoms with Gasteiger partial charge in [-0.2, -0.15) is 0 Å². The highest BCUT2D eigenvalue weighted by molar-refractivity contribution is 6.04. The Morgan fingerprint density at radius 1 is 1.21 bits per heavy atom. The lowest BCUT2D eigenvalue weighted by atomic mass is 9.86. The molecule has 4 nitrogen and oxygen atoms in total. The lowest BCUT2D eigenvalue weighted by molar-refractivity contribution is 0.102. The highest BCUT2D eigenvalue weighted by Crippen LogP contribution is 2.34. The number of ether oxygens (including phenoxy) is 2. The van der Waals surface area contributed by atoms with Crippen molar-refractivity contribution in [1.29, 1.82) is 0 Å². The number of carbonyl (C=O) groups is 1. The van der Waals surface area contributed by atoms with Crippen LogP contribution in [0.3, 0.4) is 0 Å². The first-order valence-electron chi connectivity index (χ1n) is 8.19. The van der Waals surface area contributed by atoms with Gasteiger partial charge in [-0.25, -0.2) is 0 Å². The molecular formula is C20H23NO3. The quantitative estimate of drug-likeness (QED) is 0.845. The van der Waals surface area contributed by atoms with Crippen LogP contribution in [0.2, 0.25) is 0 Å². The second-order valence-electron chi connectivity index (χ2n) is 7.05. The molecule has 3 rings (SSSR count). The number of benzene rings is 2. The summed E-state index contributed by atoms with van der Waals surface area (Å²) >= 11 is 0. The molecule has 1 amide bonds. The Balaban J connectivity index is 1.79. The van der Waals surface area contributed by atoms with Crippen LogP contribution in [0.15, 0.2) is 48.5 Å². The molecule has 1 aliphatic rings. The van der Waals surface area contributed by atoms with Gasteiger partial charge in [0.15, 0.2) is 0 Å². The second kappa shape index (κ2) is 6.65. The number of hydrogen-bond donors (Lipinski definition) is 1. The van der Waals surface area contributed by atoms with Crippen LogP contribution in [0.4, 0.5) is 5.69 Å². The van der Waals surface area contributed by atoms with Gasteiger partial charge in [0.05, 0.1) is 6.61 Å². The number of amides is 1. The van der Waals surface area contributed by atoms with Crippen LogP contribution in [-0.4, -0.2) is 25.2 Å². The van der Waals surface area contributed by atoms with E-state index in [4.69, 9.17) is 9.47 Å². The van der Waals surface area contributed by atoms with Gasteiger partial charge in [0.1, 0.15) is 18.5 Å². The molecule has 0 saturated carbocycles. The largest absolute Gasteiger partial charge is 0.490 e. The van der Waals surface area contributed by atoms with E-state index in [1.807, 2.05) is 36.4 Å². The fourth-order valence-electron chi connectivity index (χ4n) is 2.46. The van der Waals surface area contributed by atoms with Crippen LogP contribution in [0.5, 0.6) is 5.75 Å². The average Bonchev–Trinajstić information content (AvgIpc) is 3.38. The van der Waals surface area contributed by atoms with Crippen LogP contribution >= 0.6 is 0 Å². The summed E-state index contributed by atoms with van der Waals surface area (Å²) in [5, 5.41) is 2.96. The first kappa shape index (κ1) is 16.5. The summed E-state index contributed by atoms with van der Waals surface area (Å²) < 4.78 is 11.1. The molecule has 0 aliphatic carbocycles. The Labute approximate surface area is 142 Å². The highest BCUT2D eigenvalue weighted by atomic mass is 16.6. The average molecular weight is 325 g/mol. The summed E-state index contributed by atoms with van der Waals surface area (Å²) in [5.41, 5.74) is 2.38. The summed E-state index contributed by atoms with van der Waals surface area (Å²) in [7, 11) is 0. The van der Waals surface area contributed by atoms with E-state index in [-0.39, 0.29) is 17.4 Å². The molecule has 1 unspecified atom stereocenters. The lowest BCUT2D eigenvalue weighted by Crippen LogP contribution is -2.17. The van der Waals surface area contributed by atoms with Crippen LogP contribution in [0.25, 0.3) is 0 Å². The van der Waals surface area contributed by atoms with E-state index in [0.29, 0.717) is 12.2 Å². The Bertz CT molecular complexity index is 715. The minimum absolute atomic E-state index is 0.0901. The molecule has 1 N–H and O–H groups in total. The number of rotatable bonds is 5. The highest BCUT2D eigenvalue weighted by Gasteiger charge is 2.25. The van der Waals surface area contributed by atoms with Crippen LogP contribution in [0, 0.1) is 0 Å². The van der Waals surface area contributed by atoms with E-state index >= 15 is 0 Å². The third-order valence-electron chi connectivity index (χ3n) is 3.91. The zero-order chi connectivity index (χ0) is 17.2.